The van der Waals surface area contributed by atoms with Gasteiger partial charge in [-0.1, -0.05) is 96.7 Å². The highest BCUT2D eigenvalue weighted by molar-refractivity contribution is 5.48. The molecule has 1 aromatic carbocycles. The van der Waals surface area contributed by atoms with Crippen molar-refractivity contribution >= 4 is 0 Å². The summed E-state index contributed by atoms with van der Waals surface area (Å²) in [5, 5.41) is 0. The van der Waals surface area contributed by atoms with Crippen LogP contribution in [0.4, 0.5) is 0 Å². The highest BCUT2D eigenvalue weighted by Gasteiger charge is 2.70. The SMILES string of the molecule is C=C/C=C(\C=C/C)C12CC3CC(C)(C1)CC2(c1ccc(C24CC5(C)CC(C)(CC(C)(C5)[C@H]2C)C4)cc1)CC3C. The molecule has 1 aromatic rings. The van der Waals surface area contributed by atoms with E-state index < -0.39 is 0 Å². The summed E-state index contributed by atoms with van der Waals surface area (Å²) in [6, 6.07) is 10.6. The number of rotatable bonds is 5. The van der Waals surface area contributed by atoms with Crippen molar-refractivity contribution in [1.82, 2.24) is 0 Å². The molecule has 7 bridgehead atoms. The topological polar surface area (TPSA) is 0 Å². The first-order valence-corrected chi connectivity index (χ1v) is 16.4. The molecule has 7 aliphatic rings. The molecule has 0 amide bonds. The van der Waals surface area contributed by atoms with Gasteiger partial charge in [0, 0.05) is 10.8 Å². The van der Waals surface area contributed by atoms with E-state index in [-0.39, 0.29) is 10.8 Å². The van der Waals surface area contributed by atoms with Crippen LogP contribution >= 0.6 is 0 Å². The van der Waals surface area contributed by atoms with Crippen molar-refractivity contribution in [3.05, 3.63) is 71.8 Å². The minimum absolute atomic E-state index is 0.234. The molecule has 8 rings (SSSR count). The van der Waals surface area contributed by atoms with Gasteiger partial charge in [-0.05, 0) is 133 Å². The Morgan fingerprint density at radius 1 is 0.769 bits per heavy atom. The predicted octanol–water partition coefficient (Wildman–Crippen LogP) is 10.7. The molecule has 0 saturated heterocycles. The van der Waals surface area contributed by atoms with Crippen molar-refractivity contribution in [3.8, 4) is 0 Å². The van der Waals surface area contributed by atoms with Crippen molar-refractivity contribution in [2.75, 3.05) is 0 Å². The lowest BCUT2D eigenvalue weighted by atomic mass is 9.32. The van der Waals surface area contributed by atoms with E-state index in [9.17, 15) is 0 Å². The van der Waals surface area contributed by atoms with Crippen LogP contribution in [0.3, 0.4) is 0 Å². The van der Waals surface area contributed by atoms with Crippen LogP contribution in [0.1, 0.15) is 124 Å². The van der Waals surface area contributed by atoms with E-state index in [0.717, 1.165) is 17.8 Å². The van der Waals surface area contributed by atoms with Crippen LogP contribution in [0.2, 0.25) is 0 Å². The average molecular weight is 523 g/mol. The van der Waals surface area contributed by atoms with Gasteiger partial charge in [-0.15, -0.1) is 0 Å². The normalized spacial score (nSPS) is 53.6. The molecule has 0 aliphatic heterocycles. The molecule has 0 N–H and O–H groups in total. The molecule has 7 saturated carbocycles. The molecule has 0 spiro atoms. The standard InChI is InChI=1S/C39H54/c1-9-11-31(12-10-2)39-19-29-18-33(5,26-39)25-38(39,17-27(29)3)32-15-13-30(14-16-32)37-23-34(6)20-35(7,24-37)22-36(8,21-34)28(37)4/h9-16,27-29H,1,17-26H2,2-8H3/b12-10-,31-11+/t27?,28-,29?,33?,34?,35?,36?,37?,38?,39?/m1/s1. The summed E-state index contributed by atoms with van der Waals surface area (Å²) >= 11 is 0. The second-order valence-electron chi connectivity index (χ2n) is 17.7. The summed E-state index contributed by atoms with van der Waals surface area (Å²) in [6.45, 7) is 22.1. The van der Waals surface area contributed by atoms with Gasteiger partial charge < -0.3 is 0 Å². The van der Waals surface area contributed by atoms with Crippen molar-refractivity contribution in [1.29, 1.82) is 0 Å². The van der Waals surface area contributed by atoms with Crippen molar-refractivity contribution in [3.63, 3.8) is 0 Å². The van der Waals surface area contributed by atoms with Crippen molar-refractivity contribution < 1.29 is 0 Å². The smallest absolute Gasteiger partial charge is 0.00579 e. The maximum absolute atomic E-state index is 4.16. The van der Waals surface area contributed by atoms with Gasteiger partial charge in [0.15, 0.2) is 0 Å². The number of benzene rings is 1. The maximum Gasteiger partial charge on any atom is 0.00579 e. The summed E-state index contributed by atoms with van der Waals surface area (Å²) < 4.78 is 0. The van der Waals surface area contributed by atoms with Crippen LogP contribution in [-0.2, 0) is 10.8 Å². The Balaban J connectivity index is 1.35. The largest absolute Gasteiger partial charge is 0.0991 e. The Labute approximate surface area is 239 Å². The second kappa shape index (κ2) is 7.83. The third kappa shape index (κ3) is 3.30. The lowest BCUT2D eigenvalue weighted by molar-refractivity contribution is -0.188. The summed E-state index contributed by atoms with van der Waals surface area (Å²) in [5.74, 6) is 2.42. The van der Waals surface area contributed by atoms with E-state index in [1.165, 1.54) is 64.2 Å². The molecule has 210 valence electrons. The first kappa shape index (κ1) is 26.3. The molecule has 0 radical (unpaired) electrons. The fourth-order valence-corrected chi connectivity index (χ4v) is 14.3. The third-order valence-corrected chi connectivity index (χ3v) is 14.3. The molecule has 7 fully saturated rings. The zero-order valence-corrected chi connectivity index (χ0v) is 26.1. The number of allylic oxidation sites excluding steroid dienone is 5. The first-order valence-electron chi connectivity index (χ1n) is 16.4. The van der Waals surface area contributed by atoms with Gasteiger partial charge in [0.25, 0.3) is 0 Å². The van der Waals surface area contributed by atoms with Crippen molar-refractivity contribution in [2.45, 2.75) is 124 Å². The highest BCUT2D eigenvalue weighted by Crippen LogP contribution is 2.78. The Bertz CT molecular complexity index is 1240. The third-order valence-electron chi connectivity index (χ3n) is 14.3. The van der Waals surface area contributed by atoms with Crippen LogP contribution in [0.15, 0.2) is 60.7 Å². The quantitative estimate of drug-likeness (QED) is 0.337. The molecule has 7 unspecified atom stereocenters. The Kier molecular flexibility index (Phi) is 5.29. The Morgan fingerprint density at radius 3 is 2.03 bits per heavy atom. The van der Waals surface area contributed by atoms with Crippen LogP contribution in [0, 0.1) is 44.8 Å². The van der Waals surface area contributed by atoms with E-state index in [4.69, 9.17) is 0 Å². The summed E-state index contributed by atoms with van der Waals surface area (Å²) in [4.78, 5) is 0. The van der Waals surface area contributed by atoms with Gasteiger partial charge in [0.05, 0.1) is 0 Å². The van der Waals surface area contributed by atoms with Crippen LogP contribution in [0.5, 0.6) is 0 Å². The van der Waals surface area contributed by atoms with Crippen LogP contribution < -0.4 is 0 Å². The molecule has 0 heteroatoms. The van der Waals surface area contributed by atoms with Gasteiger partial charge in [0.2, 0.25) is 0 Å². The summed E-state index contributed by atoms with van der Waals surface area (Å²) in [5.41, 5.74) is 7.63. The zero-order chi connectivity index (χ0) is 27.7. The Hall–Kier alpha value is -1.56. The van der Waals surface area contributed by atoms with E-state index >= 15 is 0 Å². The number of hydrogen-bond donors (Lipinski definition) is 0. The van der Waals surface area contributed by atoms with Gasteiger partial charge in [-0.25, -0.2) is 0 Å². The lowest BCUT2D eigenvalue weighted by Gasteiger charge is -2.72. The number of hydrogen-bond acceptors (Lipinski definition) is 0. The minimum atomic E-state index is 0.234. The minimum Gasteiger partial charge on any atom is -0.0991 e. The van der Waals surface area contributed by atoms with E-state index in [1.54, 1.807) is 16.7 Å². The zero-order valence-electron chi connectivity index (χ0n) is 26.1. The van der Waals surface area contributed by atoms with Gasteiger partial charge >= 0.3 is 0 Å². The fraction of sp³-hybridized carbons (Fsp3) is 0.692. The van der Waals surface area contributed by atoms with E-state index in [0.29, 0.717) is 27.1 Å². The number of fused-ring (bicyclic) bond motifs is 2. The lowest BCUT2D eigenvalue weighted by Crippen LogP contribution is -2.64. The monoisotopic (exact) mass is 522 g/mol. The molecular weight excluding hydrogens is 468 g/mol. The fourth-order valence-electron chi connectivity index (χ4n) is 14.3. The maximum atomic E-state index is 4.16. The summed E-state index contributed by atoms with van der Waals surface area (Å²) in [6.07, 6.45) is 23.0. The first-order chi connectivity index (χ1) is 18.3. The van der Waals surface area contributed by atoms with E-state index in [2.05, 4.69) is 104 Å². The predicted molar refractivity (Wildman–Crippen MR) is 166 cm³/mol. The highest BCUT2D eigenvalue weighted by atomic mass is 14.7. The molecule has 8 atom stereocenters. The van der Waals surface area contributed by atoms with E-state index in [1.807, 2.05) is 0 Å². The molecule has 39 heavy (non-hydrogen) atoms. The average Bonchev–Trinajstić information content (AvgIpc) is 2.96. The van der Waals surface area contributed by atoms with Gasteiger partial charge in [0.1, 0.15) is 0 Å². The Morgan fingerprint density at radius 2 is 1.41 bits per heavy atom. The van der Waals surface area contributed by atoms with Crippen LogP contribution in [-0.4, -0.2) is 0 Å². The molecule has 0 nitrogen and oxygen atoms in total. The molecule has 0 heterocycles. The van der Waals surface area contributed by atoms with Crippen LogP contribution in [0.25, 0.3) is 0 Å². The second-order valence-corrected chi connectivity index (χ2v) is 17.7. The molecule has 0 aromatic heterocycles. The van der Waals surface area contributed by atoms with Gasteiger partial charge in [-0.3, -0.25) is 0 Å². The summed E-state index contributed by atoms with van der Waals surface area (Å²) in [7, 11) is 0. The molecular formula is C39H54. The van der Waals surface area contributed by atoms with Crippen molar-refractivity contribution in [2.24, 2.45) is 44.8 Å². The molecule has 7 aliphatic carbocycles. The van der Waals surface area contributed by atoms with Gasteiger partial charge in [-0.2, -0.15) is 0 Å².